The summed E-state index contributed by atoms with van der Waals surface area (Å²) in [6, 6.07) is 16.7. The first-order valence-corrected chi connectivity index (χ1v) is 11.5. The van der Waals surface area contributed by atoms with Crippen LogP contribution in [0.15, 0.2) is 60.9 Å². The quantitative estimate of drug-likeness (QED) is 0.626. The minimum atomic E-state index is -1.03. The lowest BCUT2D eigenvalue weighted by atomic mass is 9.83. The van der Waals surface area contributed by atoms with Gasteiger partial charge in [-0.25, -0.2) is 9.78 Å². The summed E-state index contributed by atoms with van der Waals surface area (Å²) in [6.07, 6.45) is 4.43. The number of benzene rings is 2. The standard InChI is InChI=1S/C26H28N4O3/c31-25(20-7-4-8-21(15-20)26(32)33)30-14-11-22-23(28-17-27-22)24(30)19-9-12-29(13-10-19)16-18-5-2-1-3-6-18/h1-8,15,17,19,24H,9-14,16H2,(H,27,28)(H,32,33). The van der Waals surface area contributed by atoms with Crippen molar-refractivity contribution in [2.75, 3.05) is 19.6 Å². The Morgan fingerprint density at radius 3 is 2.52 bits per heavy atom. The third kappa shape index (κ3) is 4.41. The van der Waals surface area contributed by atoms with Crippen molar-refractivity contribution in [3.8, 4) is 0 Å². The second kappa shape index (κ2) is 9.19. The molecular formula is C26H28N4O3. The number of aromatic amines is 1. The summed E-state index contributed by atoms with van der Waals surface area (Å²) in [4.78, 5) is 37.2. The van der Waals surface area contributed by atoms with E-state index in [9.17, 15) is 14.7 Å². The molecule has 0 radical (unpaired) electrons. The zero-order chi connectivity index (χ0) is 22.8. The second-order valence-electron chi connectivity index (χ2n) is 8.94. The number of carboxylic acids is 1. The molecule has 2 aliphatic heterocycles. The smallest absolute Gasteiger partial charge is 0.335 e. The van der Waals surface area contributed by atoms with Crippen LogP contribution in [0, 0.1) is 5.92 Å². The summed E-state index contributed by atoms with van der Waals surface area (Å²) >= 11 is 0. The molecule has 1 aromatic heterocycles. The molecule has 1 amide bonds. The van der Waals surface area contributed by atoms with Gasteiger partial charge in [-0.3, -0.25) is 9.69 Å². The summed E-state index contributed by atoms with van der Waals surface area (Å²) in [6.45, 7) is 3.50. The summed E-state index contributed by atoms with van der Waals surface area (Å²) in [5.74, 6) is -0.838. The molecule has 3 heterocycles. The molecule has 2 N–H and O–H groups in total. The summed E-state index contributed by atoms with van der Waals surface area (Å²) < 4.78 is 0. The minimum absolute atomic E-state index is 0.0974. The lowest BCUT2D eigenvalue weighted by Crippen LogP contribution is -2.46. The molecule has 3 aromatic rings. The maximum absolute atomic E-state index is 13.5. The van der Waals surface area contributed by atoms with E-state index < -0.39 is 5.97 Å². The number of aromatic carboxylic acids is 1. The van der Waals surface area contributed by atoms with E-state index in [1.54, 1.807) is 18.5 Å². The van der Waals surface area contributed by atoms with Gasteiger partial charge in [0.15, 0.2) is 0 Å². The van der Waals surface area contributed by atoms with Crippen LogP contribution in [0.5, 0.6) is 0 Å². The van der Waals surface area contributed by atoms with Gasteiger partial charge in [0.25, 0.3) is 5.91 Å². The Morgan fingerprint density at radius 1 is 1.00 bits per heavy atom. The predicted molar refractivity (Wildman–Crippen MR) is 124 cm³/mol. The fourth-order valence-electron chi connectivity index (χ4n) is 5.23. The van der Waals surface area contributed by atoms with E-state index in [-0.39, 0.29) is 17.5 Å². The van der Waals surface area contributed by atoms with E-state index in [0.717, 1.165) is 50.3 Å². The molecule has 170 valence electrons. The fourth-order valence-corrected chi connectivity index (χ4v) is 5.23. The van der Waals surface area contributed by atoms with Crippen LogP contribution in [0.1, 0.15) is 56.6 Å². The summed E-state index contributed by atoms with van der Waals surface area (Å²) in [5.41, 5.74) is 3.93. The maximum atomic E-state index is 13.5. The third-order valence-electron chi connectivity index (χ3n) is 6.92. The summed E-state index contributed by atoms with van der Waals surface area (Å²) in [7, 11) is 0. The van der Waals surface area contributed by atoms with Crippen LogP contribution in [0.25, 0.3) is 0 Å². The number of nitrogens with zero attached hydrogens (tertiary/aromatic N) is 3. The molecule has 2 aromatic carbocycles. The monoisotopic (exact) mass is 444 g/mol. The number of hydrogen-bond donors (Lipinski definition) is 2. The second-order valence-corrected chi connectivity index (χ2v) is 8.94. The number of carbonyl (C=O) groups is 2. The van der Waals surface area contributed by atoms with Gasteiger partial charge in [0.2, 0.25) is 0 Å². The van der Waals surface area contributed by atoms with Crippen LogP contribution >= 0.6 is 0 Å². The number of nitrogens with one attached hydrogen (secondary N) is 1. The van der Waals surface area contributed by atoms with Crippen LogP contribution in [0.4, 0.5) is 0 Å². The average Bonchev–Trinajstić information content (AvgIpc) is 3.33. The first kappa shape index (κ1) is 21.4. The normalized spacial score (nSPS) is 19.3. The highest BCUT2D eigenvalue weighted by Gasteiger charge is 2.39. The van der Waals surface area contributed by atoms with Crippen molar-refractivity contribution in [3.05, 3.63) is 89.0 Å². The SMILES string of the molecule is O=C(O)c1cccc(C(=O)N2CCc3[nH]cnc3C2C2CCN(Cc3ccccc3)CC2)c1. The van der Waals surface area contributed by atoms with E-state index in [4.69, 9.17) is 0 Å². The van der Waals surface area contributed by atoms with Gasteiger partial charge in [-0.15, -0.1) is 0 Å². The Morgan fingerprint density at radius 2 is 1.76 bits per heavy atom. The number of likely N-dealkylation sites (tertiary alicyclic amines) is 1. The number of piperidine rings is 1. The third-order valence-corrected chi connectivity index (χ3v) is 6.92. The Bertz CT molecular complexity index is 1140. The number of hydrogen-bond acceptors (Lipinski definition) is 4. The predicted octanol–water partition coefficient (Wildman–Crippen LogP) is 3.76. The molecular weight excluding hydrogens is 416 g/mol. The molecule has 1 unspecified atom stereocenters. The Labute approximate surface area is 193 Å². The van der Waals surface area contributed by atoms with Crippen LogP contribution in [0.3, 0.4) is 0 Å². The van der Waals surface area contributed by atoms with E-state index in [1.807, 2.05) is 11.0 Å². The van der Waals surface area contributed by atoms with Gasteiger partial charge in [0.1, 0.15) is 0 Å². The topological polar surface area (TPSA) is 89.5 Å². The minimum Gasteiger partial charge on any atom is -0.478 e. The van der Waals surface area contributed by atoms with Gasteiger partial charge >= 0.3 is 5.97 Å². The Balaban J connectivity index is 1.36. The van der Waals surface area contributed by atoms with E-state index >= 15 is 0 Å². The molecule has 7 heteroatoms. The van der Waals surface area contributed by atoms with Gasteiger partial charge in [0, 0.05) is 30.8 Å². The van der Waals surface area contributed by atoms with E-state index in [2.05, 4.69) is 39.1 Å². The van der Waals surface area contributed by atoms with Gasteiger partial charge in [-0.2, -0.15) is 0 Å². The van der Waals surface area contributed by atoms with Crippen LogP contribution in [0.2, 0.25) is 0 Å². The zero-order valence-corrected chi connectivity index (χ0v) is 18.5. The number of imidazole rings is 1. The van der Waals surface area contributed by atoms with Gasteiger partial charge < -0.3 is 15.0 Å². The van der Waals surface area contributed by atoms with Crippen molar-refractivity contribution in [1.29, 1.82) is 0 Å². The number of aromatic nitrogens is 2. The molecule has 2 aliphatic rings. The van der Waals surface area contributed by atoms with Crippen molar-refractivity contribution in [1.82, 2.24) is 19.8 Å². The van der Waals surface area contributed by atoms with Gasteiger partial charge in [-0.1, -0.05) is 36.4 Å². The van der Waals surface area contributed by atoms with Crippen molar-refractivity contribution in [3.63, 3.8) is 0 Å². The molecule has 1 atom stereocenters. The maximum Gasteiger partial charge on any atom is 0.335 e. The number of carbonyl (C=O) groups excluding carboxylic acids is 1. The van der Waals surface area contributed by atoms with Crippen molar-refractivity contribution in [2.24, 2.45) is 5.92 Å². The first-order valence-electron chi connectivity index (χ1n) is 11.5. The van der Waals surface area contributed by atoms with E-state index in [1.165, 1.54) is 17.7 Å². The summed E-state index contributed by atoms with van der Waals surface area (Å²) in [5, 5.41) is 9.35. The molecule has 1 fully saturated rings. The number of rotatable bonds is 5. The Kier molecular flexibility index (Phi) is 5.96. The van der Waals surface area contributed by atoms with Crippen LogP contribution in [-0.4, -0.2) is 56.4 Å². The zero-order valence-electron chi connectivity index (χ0n) is 18.5. The highest BCUT2D eigenvalue weighted by atomic mass is 16.4. The van der Waals surface area contributed by atoms with Crippen LogP contribution < -0.4 is 0 Å². The number of H-pyrrole nitrogens is 1. The fraction of sp³-hybridized carbons (Fsp3) is 0.346. The molecule has 0 saturated carbocycles. The van der Waals surface area contributed by atoms with Crippen molar-refractivity contribution >= 4 is 11.9 Å². The van der Waals surface area contributed by atoms with Crippen molar-refractivity contribution in [2.45, 2.75) is 31.8 Å². The molecule has 0 aliphatic carbocycles. The molecule has 33 heavy (non-hydrogen) atoms. The Hall–Kier alpha value is -3.45. The van der Waals surface area contributed by atoms with E-state index in [0.29, 0.717) is 18.0 Å². The molecule has 0 bridgehead atoms. The average molecular weight is 445 g/mol. The lowest BCUT2D eigenvalue weighted by Gasteiger charge is -2.43. The lowest BCUT2D eigenvalue weighted by molar-refractivity contribution is 0.0466. The first-order chi connectivity index (χ1) is 16.1. The molecule has 7 nitrogen and oxygen atoms in total. The van der Waals surface area contributed by atoms with Gasteiger partial charge in [0.05, 0.1) is 23.6 Å². The number of fused-ring (bicyclic) bond motifs is 1. The van der Waals surface area contributed by atoms with Crippen molar-refractivity contribution < 1.29 is 14.7 Å². The molecule has 0 spiro atoms. The molecule has 1 saturated heterocycles. The number of carboxylic acid groups (broad SMARTS) is 1. The highest BCUT2D eigenvalue weighted by Crippen LogP contribution is 2.39. The number of amides is 1. The van der Waals surface area contributed by atoms with Crippen LogP contribution in [-0.2, 0) is 13.0 Å². The molecule has 5 rings (SSSR count). The van der Waals surface area contributed by atoms with Gasteiger partial charge in [-0.05, 0) is 55.6 Å². The largest absolute Gasteiger partial charge is 0.478 e. The highest BCUT2D eigenvalue weighted by molar-refractivity contribution is 5.97.